The normalized spacial score (nSPS) is 18.9. The fourth-order valence-electron chi connectivity index (χ4n) is 4.87. The molecule has 1 aromatic heterocycles. The largest absolute Gasteiger partial charge is 0.490 e. The van der Waals surface area contributed by atoms with Gasteiger partial charge in [-0.25, -0.2) is 13.8 Å². The summed E-state index contributed by atoms with van der Waals surface area (Å²) in [6.07, 6.45) is 0.474. The maximum absolute atomic E-state index is 14.0. The molecule has 0 saturated heterocycles. The van der Waals surface area contributed by atoms with Gasteiger partial charge in [-0.2, -0.15) is 0 Å². The lowest BCUT2D eigenvalue weighted by atomic mass is 9.92. The fraction of sp³-hybridized carbons (Fsp3) is 0.583. The van der Waals surface area contributed by atoms with Crippen molar-refractivity contribution in [3.8, 4) is 5.75 Å². The lowest BCUT2D eigenvalue weighted by molar-refractivity contribution is -0.130. The molecule has 1 fully saturated rings. The van der Waals surface area contributed by atoms with E-state index in [0.717, 1.165) is 43.1 Å². The summed E-state index contributed by atoms with van der Waals surface area (Å²) in [6, 6.07) is 3.39. The van der Waals surface area contributed by atoms with Gasteiger partial charge in [0.05, 0.1) is 24.5 Å². The van der Waals surface area contributed by atoms with Crippen LogP contribution in [0.1, 0.15) is 80.9 Å². The van der Waals surface area contributed by atoms with Gasteiger partial charge in [-0.05, 0) is 42.9 Å². The highest BCUT2D eigenvalue weighted by Gasteiger charge is 2.37. The van der Waals surface area contributed by atoms with Crippen molar-refractivity contribution in [3.63, 3.8) is 0 Å². The van der Waals surface area contributed by atoms with Gasteiger partial charge < -0.3 is 19.1 Å². The van der Waals surface area contributed by atoms with Crippen LogP contribution in [0.2, 0.25) is 0 Å². The molecule has 0 N–H and O–H groups in total. The Morgan fingerprint density at radius 1 is 1.22 bits per heavy atom. The van der Waals surface area contributed by atoms with E-state index in [4.69, 9.17) is 9.72 Å². The van der Waals surface area contributed by atoms with E-state index in [1.165, 1.54) is 0 Å². The van der Waals surface area contributed by atoms with Gasteiger partial charge in [0, 0.05) is 31.5 Å². The molecule has 1 aromatic carbocycles. The number of nitrogens with zero attached hydrogens (tertiary/aromatic N) is 4. The van der Waals surface area contributed by atoms with E-state index in [1.54, 1.807) is 19.1 Å². The first-order valence-corrected chi connectivity index (χ1v) is 11.6. The SMILES string of the molecule is CCC(C)c1cc2c(cc1C(F)F)N(c1nc(C3CC3)n3c1CN(C(C)=O)CC3)CCO2. The molecule has 2 aromatic rings. The Kier molecular flexibility index (Phi) is 5.34. The molecule has 1 aliphatic carbocycles. The Bertz CT molecular complexity index is 1050. The van der Waals surface area contributed by atoms with Crippen molar-refractivity contribution in [2.24, 2.45) is 0 Å². The second-order valence-corrected chi connectivity index (χ2v) is 9.17. The number of aromatic nitrogens is 2. The number of carbonyl (C=O) groups excluding carboxylic acids is 1. The summed E-state index contributed by atoms with van der Waals surface area (Å²) in [7, 11) is 0. The van der Waals surface area contributed by atoms with Crippen LogP contribution in [0.5, 0.6) is 5.75 Å². The third-order valence-corrected chi connectivity index (χ3v) is 7.06. The topological polar surface area (TPSA) is 50.6 Å². The number of carbonyl (C=O) groups is 1. The zero-order chi connectivity index (χ0) is 22.6. The lowest BCUT2D eigenvalue weighted by Crippen LogP contribution is -2.38. The first-order chi connectivity index (χ1) is 15.4. The van der Waals surface area contributed by atoms with E-state index >= 15 is 0 Å². The highest BCUT2D eigenvalue weighted by Crippen LogP contribution is 2.46. The quantitative estimate of drug-likeness (QED) is 0.644. The van der Waals surface area contributed by atoms with E-state index in [9.17, 15) is 13.6 Å². The van der Waals surface area contributed by atoms with Gasteiger partial charge in [-0.15, -0.1) is 0 Å². The van der Waals surface area contributed by atoms with Crippen LogP contribution in [-0.4, -0.2) is 40.1 Å². The number of halogens is 2. The van der Waals surface area contributed by atoms with E-state index in [2.05, 4.69) is 4.57 Å². The molecule has 1 atom stereocenters. The number of amides is 1. The number of hydrogen-bond acceptors (Lipinski definition) is 4. The minimum Gasteiger partial charge on any atom is -0.490 e. The molecule has 6 nitrogen and oxygen atoms in total. The van der Waals surface area contributed by atoms with Crippen LogP contribution in [0.3, 0.4) is 0 Å². The Hall–Kier alpha value is -2.64. The van der Waals surface area contributed by atoms with Crippen molar-refractivity contribution < 1.29 is 18.3 Å². The van der Waals surface area contributed by atoms with Crippen LogP contribution in [0.25, 0.3) is 0 Å². The molecule has 32 heavy (non-hydrogen) atoms. The molecular formula is C24H30F2N4O2. The van der Waals surface area contributed by atoms with Crippen molar-refractivity contribution in [2.75, 3.05) is 24.6 Å². The van der Waals surface area contributed by atoms with Crippen LogP contribution in [-0.2, 0) is 17.9 Å². The summed E-state index contributed by atoms with van der Waals surface area (Å²) in [5, 5.41) is 0. The van der Waals surface area contributed by atoms with E-state index in [0.29, 0.717) is 49.2 Å². The molecule has 8 heteroatoms. The number of rotatable bonds is 5. The summed E-state index contributed by atoms with van der Waals surface area (Å²) in [5.74, 6) is 2.99. The average Bonchev–Trinajstić information content (AvgIpc) is 3.57. The maximum Gasteiger partial charge on any atom is 0.264 e. The third-order valence-electron chi connectivity index (χ3n) is 7.06. The number of ether oxygens (including phenoxy) is 1. The molecule has 1 amide bonds. The van der Waals surface area contributed by atoms with E-state index in [-0.39, 0.29) is 17.4 Å². The Labute approximate surface area is 187 Å². The van der Waals surface area contributed by atoms with E-state index < -0.39 is 6.43 Å². The van der Waals surface area contributed by atoms with Crippen molar-refractivity contribution in [1.29, 1.82) is 0 Å². The molecule has 172 valence electrons. The van der Waals surface area contributed by atoms with Gasteiger partial charge >= 0.3 is 0 Å². The van der Waals surface area contributed by atoms with Crippen molar-refractivity contribution >= 4 is 17.4 Å². The second kappa shape index (κ2) is 8.05. The number of benzene rings is 1. The molecule has 0 spiro atoms. The Balaban J connectivity index is 1.62. The van der Waals surface area contributed by atoms with Crippen LogP contribution in [0.15, 0.2) is 12.1 Å². The highest BCUT2D eigenvalue weighted by molar-refractivity contribution is 5.75. The summed E-state index contributed by atoms with van der Waals surface area (Å²) in [6.45, 7) is 8.44. The molecule has 0 bridgehead atoms. The van der Waals surface area contributed by atoms with Crippen LogP contribution in [0, 0.1) is 0 Å². The number of imidazole rings is 1. The summed E-state index contributed by atoms with van der Waals surface area (Å²) >= 11 is 0. The first kappa shape index (κ1) is 21.2. The van der Waals surface area contributed by atoms with Crippen molar-refractivity contribution in [2.45, 2.75) is 71.4 Å². The Morgan fingerprint density at radius 2 is 2.00 bits per heavy atom. The number of fused-ring (bicyclic) bond motifs is 2. The molecule has 1 saturated carbocycles. The van der Waals surface area contributed by atoms with Crippen LogP contribution in [0.4, 0.5) is 20.3 Å². The molecule has 0 radical (unpaired) electrons. The summed E-state index contributed by atoms with van der Waals surface area (Å²) in [5.41, 5.74) is 2.35. The van der Waals surface area contributed by atoms with Gasteiger partial charge in [-0.1, -0.05) is 13.8 Å². The highest BCUT2D eigenvalue weighted by atomic mass is 19.3. The van der Waals surface area contributed by atoms with Gasteiger partial charge in [0.2, 0.25) is 5.91 Å². The number of hydrogen-bond donors (Lipinski definition) is 0. The first-order valence-electron chi connectivity index (χ1n) is 11.6. The Morgan fingerprint density at radius 3 is 2.66 bits per heavy atom. The molecule has 3 aliphatic rings. The summed E-state index contributed by atoms with van der Waals surface area (Å²) < 4.78 is 36.2. The van der Waals surface area contributed by atoms with Crippen molar-refractivity contribution in [1.82, 2.24) is 14.5 Å². The number of alkyl halides is 2. The predicted molar refractivity (Wildman–Crippen MR) is 118 cm³/mol. The third kappa shape index (κ3) is 3.53. The average molecular weight is 445 g/mol. The molecule has 2 aliphatic heterocycles. The second-order valence-electron chi connectivity index (χ2n) is 9.17. The van der Waals surface area contributed by atoms with Gasteiger partial charge in [0.1, 0.15) is 18.2 Å². The number of anilines is 2. The monoisotopic (exact) mass is 444 g/mol. The van der Waals surface area contributed by atoms with Crippen LogP contribution >= 0.6 is 0 Å². The smallest absolute Gasteiger partial charge is 0.264 e. The standard InChI is InChI=1S/C24H30F2N4O2/c1-4-14(2)17-12-21-19(11-18(17)22(25)26)30(9-10-32-21)24-20-13-28(15(3)31)7-8-29(20)23(27-24)16-5-6-16/h11-12,14,16,22H,4-10,13H2,1-3H3. The predicted octanol–water partition coefficient (Wildman–Crippen LogP) is 5.10. The zero-order valence-electron chi connectivity index (χ0n) is 18.9. The van der Waals surface area contributed by atoms with Crippen LogP contribution < -0.4 is 9.64 Å². The molecule has 3 heterocycles. The maximum atomic E-state index is 14.0. The van der Waals surface area contributed by atoms with Crippen molar-refractivity contribution in [3.05, 3.63) is 34.8 Å². The van der Waals surface area contributed by atoms with E-state index in [1.807, 2.05) is 23.6 Å². The summed E-state index contributed by atoms with van der Waals surface area (Å²) in [4.78, 5) is 21.0. The minimum atomic E-state index is -2.56. The minimum absolute atomic E-state index is 0.0224. The van der Waals surface area contributed by atoms with Gasteiger partial charge in [0.25, 0.3) is 6.43 Å². The molecule has 1 unspecified atom stereocenters. The fourth-order valence-corrected chi connectivity index (χ4v) is 4.87. The molecule has 5 rings (SSSR count). The lowest BCUT2D eigenvalue weighted by Gasteiger charge is -2.34. The molecular weight excluding hydrogens is 414 g/mol. The van der Waals surface area contributed by atoms with Gasteiger partial charge in [0.15, 0.2) is 5.82 Å². The van der Waals surface area contributed by atoms with Gasteiger partial charge in [-0.3, -0.25) is 4.79 Å². The zero-order valence-corrected chi connectivity index (χ0v) is 18.9.